The monoisotopic (exact) mass is 151 g/mol. The lowest BCUT2D eigenvalue weighted by atomic mass is 10.2. The van der Waals surface area contributed by atoms with E-state index < -0.39 is 0 Å². The van der Waals surface area contributed by atoms with E-state index in [1.165, 1.54) is 12.8 Å². The first-order valence-corrected chi connectivity index (χ1v) is 4.11. The topological polar surface area (TPSA) is 40.7 Å². The Morgan fingerprint density at radius 3 is 3.00 bits per heavy atom. The lowest BCUT2D eigenvalue weighted by Crippen LogP contribution is -2.21. The van der Waals surface area contributed by atoms with Crippen molar-refractivity contribution in [1.29, 1.82) is 0 Å². The summed E-state index contributed by atoms with van der Waals surface area (Å²) in [4.78, 5) is 7.34. The summed E-state index contributed by atoms with van der Waals surface area (Å²) < 4.78 is 0. The van der Waals surface area contributed by atoms with Gasteiger partial charge in [0.2, 0.25) is 0 Å². The number of hydrogen-bond donors (Lipinski definition) is 2. The molecule has 60 valence electrons. The van der Waals surface area contributed by atoms with Gasteiger partial charge in [-0.1, -0.05) is 0 Å². The van der Waals surface area contributed by atoms with Crippen LogP contribution in [0.2, 0.25) is 0 Å². The van der Waals surface area contributed by atoms with Crippen molar-refractivity contribution in [3.8, 4) is 0 Å². The molecule has 0 aromatic carbocycles. The molecule has 11 heavy (non-hydrogen) atoms. The number of rotatable bonds is 1. The first kappa shape index (κ1) is 6.85. The fraction of sp³-hybridized carbons (Fsp3) is 0.625. The van der Waals surface area contributed by atoms with Gasteiger partial charge in [-0.15, -0.1) is 0 Å². The first-order valence-electron chi connectivity index (χ1n) is 4.11. The highest BCUT2D eigenvalue weighted by Gasteiger charge is 2.22. The maximum Gasteiger partial charge on any atom is 0.123 e. The zero-order valence-corrected chi connectivity index (χ0v) is 6.67. The molecule has 2 rings (SSSR count). The van der Waals surface area contributed by atoms with E-state index in [-0.39, 0.29) is 0 Å². The van der Waals surface area contributed by atoms with E-state index in [9.17, 15) is 0 Å². The molecular formula is C8H13N3. The third kappa shape index (κ3) is 1.28. The van der Waals surface area contributed by atoms with Gasteiger partial charge >= 0.3 is 0 Å². The number of imidazole rings is 1. The van der Waals surface area contributed by atoms with Gasteiger partial charge in [0.1, 0.15) is 5.82 Å². The smallest absolute Gasteiger partial charge is 0.123 e. The molecule has 1 aromatic heterocycles. The standard InChI is InChI=1S/C8H13N3/c1-6-2-3-7(11-6)8-9-4-5-10-8/h4-7,11H,2-3H2,1H3,(H,9,10)/t6-,7+/m1/s1. The molecule has 1 saturated heterocycles. The van der Waals surface area contributed by atoms with Crippen LogP contribution < -0.4 is 5.32 Å². The molecule has 0 spiro atoms. The predicted octanol–water partition coefficient (Wildman–Crippen LogP) is 1.22. The molecule has 0 amide bonds. The van der Waals surface area contributed by atoms with E-state index in [1.54, 1.807) is 6.20 Å². The minimum absolute atomic E-state index is 0.458. The van der Waals surface area contributed by atoms with Crippen molar-refractivity contribution >= 4 is 0 Å². The average molecular weight is 151 g/mol. The Bertz CT molecular complexity index is 217. The second-order valence-electron chi connectivity index (χ2n) is 3.17. The largest absolute Gasteiger partial charge is 0.347 e. The lowest BCUT2D eigenvalue weighted by Gasteiger charge is -2.07. The van der Waals surface area contributed by atoms with Crippen molar-refractivity contribution in [2.75, 3.05) is 0 Å². The minimum Gasteiger partial charge on any atom is -0.347 e. The molecule has 1 aliphatic rings. The van der Waals surface area contributed by atoms with Crippen molar-refractivity contribution in [2.45, 2.75) is 31.8 Å². The second-order valence-corrected chi connectivity index (χ2v) is 3.17. The van der Waals surface area contributed by atoms with Crippen LogP contribution in [0.3, 0.4) is 0 Å². The lowest BCUT2D eigenvalue weighted by molar-refractivity contribution is 0.564. The molecule has 3 nitrogen and oxygen atoms in total. The Hall–Kier alpha value is -0.830. The zero-order valence-electron chi connectivity index (χ0n) is 6.67. The van der Waals surface area contributed by atoms with Gasteiger partial charge in [-0.05, 0) is 19.8 Å². The highest BCUT2D eigenvalue weighted by atomic mass is 15.0. The van der Waals surface area contributed by atoms with E-state index in [0.717, 1.165) is 5.82 Å². The SMILES string of the molecule is C[C@@H]1CC[C@@H](c2ncc[nH]2)N1. The van der Waals surface area contributed by atoms with Gasteiger partial charge < -0.3 is 10.3 Å². The van der Waals surface area contributed by atoms with Crippen LogP contribution in [0.1, 0.15) is 31.6 Å². The molecule has 0 unspecified atom stereocenters. The summed E-state index contributed by atoms with van der Waals surface area (Å²) in [6.45, 7) is 2.21. The molecule has 2 N–H and O–H groups in total. The van der Waals surface area contributed by atoms with Crippen molar-refractivity contribution in [1.82, 2.24) is 15.3 Å². The van der Waals surface area contributed by atoms with E-state index in [0.29, 0.717) is 12.1 Å². The predicted molar refractivity (Wildman–Crippen MR) is 43.2 cm³/mol. The quantitative estimate of drug-likeness (QED) is 0.633. The van der Waals surface area contributed by atoms with Gasteiger partial charge in [0.25, 0.3) is 0 Å². The Labute approximate surface area is 66.2 Å². The van der Waals surface area contributed by atoms with Gasteiger partial charge in [-0.2, -0.15) is 0 Å². The summed E-state index contributed by atoms with van der Waals surface area (Å²) in [5, 5.41) is 3.46. The fourth-order valence-corrected chi connectivity index (χ4v) is 1.61. The molecular weight excluding hydrogens is 138 g/mol. The Balaban J connectivity index is 2.08. The van der Waals surface area contributed by atoms with Crippen molar-refractivity contribution in [2.24, 2.45) is 0 Å². The summed E-state index contributed by atoms with van der Waals surface area (Å²) in [5.41, 5.74) is 0. The van der Waals surface area contributed by atoms with E-state index in [4.69, 9.17) is 0 Å². The third-order valence-electron chi connectivity index (χ3n) is 2.22. The summed E-state index contributed by atoms with van der Waals surface area (Å²) in [6.07, 6.45) is 6.14. The summed E-state index contributed by atoms with van der Waals surface area (Å²) in [7, 11) is 0. The maximum atomic E-state index is 4.21. The summed E-state index contributed by atoms with van der Waals surface area (Å²) >= 11 is 0. The van der Waals surface area contributed by atoms with Gasteiger partial charge in [-0.25, -0.2) is 4.98 Å². The molecule has 1 aliphatic heterocycles. The average Bonchev–Trinajstić information content (AvgIpc) is 2.55. The Morgan fingerprint density at radius 1 is 1.55 bits per heavy atom. The molecule has 2 atom stereocenters. The van der Waals surface area contributed by atoms with Crippen LogP contribution in [0, 0.1) is 0 Å². The van der Waals surface area contributed by atoms with Gasteiger partial charge in [0, 0.05) is 18.4 Å². The second kappa shape index (κ2) is 2.66. The molecule has 0 aliphatic carbocycles. The van der Waals surface area contributed by atoms with E-state index in [2.05, 4.69) is 22.2 Å². The molecule has 0 radical (unpaired) electrons. The Kier molecular flexibility index (Phi) is 1.66. The number of nitrogens with one attached hydrogen (secondary N) is 2. The van der Waals surface area contributed by atoms with Crippen LogP contribution in [0.5, 0.6) is 0 Å². The van der Waals surface area contributed by atoms with Crippen LogP contribution in [0.4, 0.5) is 0 Å². The highest BCUT2D eigenvalue weighted by Crippen LogP contribution is 2.22. The van der Waals surface area contributed by atoms with E-state index >= 15 is 0 Å². The maximum absolute atomic E-state index is 4.21. The first-order chi connectivity index (χ1) is 5.36. The van der Waals surface area contributed by atoms with Crippen molar-refractivity contribution in [3.05, 3.63) is 18.2 Å². The summed E-state index contributed by atoms with van der Waals surface area (Å²) in [5.74, 6) is 1.08. The van der Waals surface area contributed by atoms with Crippen LogP contribution >= 0.6 is 0 Å². The van der Waals surface area contributed by atoms with Gasteiger partial charge in [-0.3, -0.25) is 0 Å². The highest BCUT2D eigenvalue weighted by molar-refractivity contribution is 4.99. The minimum atomic E-state index is 0.458. The van der Waals surface area contributed by atoms with Crippen molar-refractivity contribution in [3.63, 3.8) is 0 Å². The molecule has 2 heterocycles. The van der Waals surface area contributed by atoms with Crippen LogP contribution in [-0.4, -0.2) is 16.0 Å². The number of nitrogens with zero attached hydrogens (tertiary/aromatic N) is 1. The van der Waals surface area contributed by atoms with Gasteiger partial charge in [0.05, 0.1) is 6.04 Å². The normalized spacial score (nSPS) is 31.0. The van der Waals surface area contributed by atoms with Gasteiger partial charge in [0.15, 0.2) is 0 Å². The zero-order chi connectivity index (χ0) is 7.68. The number of aromatic nitrogens is 2. The number of aromatic amines is 1. The third-order valence-corrected chi connectivity index (χ3v) is 2.22. The van der Waals surface area contributed by atoms with Crippen LogP contribution in [0.15, 0.2) is 12.4 Å². The number of H-pyrrole nitrogens is 1. The molecule has 0 saturated carbocycles. The number of hydrogen-bond acceptors (Lipinski definition) is 2. The summed E-state index contributed by atoms with van der Waals surface area (Å²) in [6, 6.07) is 1.10. The van der Waals surface area contributed by atoms with E-state index in [1.807, 2.05) is 6.20 Å². The molecule has 3 heteroatoms. The van der Waals surface area contributed by atoms with Crippen LogP contribution in [0.25, 0.3) is 0 Å². The van der Waals surface area contributed by atoms with Crippen molar-refractivity contribution < 1.29 is 0 Å². The fourth-order valence-electron chi connectivity index (χ4n) is 1.61. The molecule has 1 fully saturated rings. The Morgan fingerprint density at radius 2 is 2.45 bits per heavy atom. The molecule has 1 aromatic rings. The molecule has 0 bridgehead atoms. The van der Waals surface area contributed by atoms with Crippen LogP contribution in [-0.2, 0) is 0 Å².